The molecule has 0 aliphatic heterocycles. The van der Waals surface area contributed by atoms with Gasteiger partial charge in [0.15, 0.2) is 0 Å². The van der Waals surface area contributed by atoms with Crippen LogP contribution in [0.3, 0.4) is 0 Å². The van der Waals surface area contributed by atoms with Gasteiger partial charge >= 0.3 is 0 Å². The molecule has 1 aromatic heterocycles. The summed E-state index contributed by atoms with van der Waals surface area (Å²) in [6, 6.07) is 23.2. The van der Waals surface area contributed by atoms with Crippen molar-refractivity contribution in [3.8, 4) is 22.4 Å². The second-order valence-corrected chi connectivity index (χ2v) is 5.54. The number of pyridine rings is 1. The van der Waals surface area contributed by atoms with Gasteiger partial charge in [-0.2, -0.15) is 0 Å². The van der Waals surface area contributed by atoms with Crippen molar-refractivity contribution in [3.63, 3.8) is 0 Å². The molecule has 0 aliphatic rings. The molecule has 21 heavy (non-hydrogen) atoms. The van der Waals surface area contributed by atoms with Crippen LogP contribution in [0.25, 0.3) is 22.4 Å². The number of aromatic nitrogens is 1. The minimum atomic E-state index is 0.510. The Balaban J connectivity index is 2.07. The minimum absolute atomic E-state index is 0.510. The van der Waals surface area contributed by atoms with Crippen LogP contribution in [-0.4, -0.2) is 4.98 Å². The van der Waals surface area contributed by atoms with Crippen LogP contribution >= 0.6 is 0 Å². The zero-order valence-corrected chi connectivity index (χ0v) is 12.5. The largest absolute Gasteiger partial charge is 0.256 e. The molecule has 0 bridgehead atoms. The van der Waals surface area contributed by atoms with Gasteiger partial charge in [0.25, 0.3) is 0 Å². The number of hydrogen-bond acceptors (Lipinski definition) is 1. The lowest BCUT2D eigenvalue weighted by molar-refractivity contribution is 0.859. The van der Waals surface area contributed by atoms with Crippen molar-refractivity contribution in [2.24, 2.45) is 0 Å². The number of nitrogens with zero attached hydrogens (tertiary/aromatic N) is 1. The SMILES string of the molecule is CC(C)c1ccc(-c2ccccc2-c2ccccc2)nc1. The van der Waals surface area contributed by atoms with E-state index in [9.17, 15) is 0 Å². The first-order valence-corrected chi connectivity index (χ1v) is 7.36. The van der Waals surface area contributed by atoms with E-state index in [0.717, 1.165) is 5.69 Å². The predicted octanol–water partition coefficient (Wildman–Crippen LogP) is 5.54. The molecule has 0 saturated heterocycles. The second kappa shape index (κ2) is 5.92. The summed E-state index contributed by atoms with van der Waals surface area (Å²) in [5.74, 6) is 0.510. The van der Waals surface area contributed by atoms with Crippen LogP contribution in [0.2, 0.25) is 0 Å². The third-order valence-corrected chi connectivity index (χ3v) is 3.74. The third-order valence-electron chi connectivity index (χ3n) is 3.74. The monoisotopic (exact) mass is 273 g/mol. The van der Waals surface area contributed by atoms with Crippen LogP contribution in [0.15, 0.2) is 72.9 Å². The molecule has 0 saturated carbocycles. The number of rotatable bonds is 3. The summed E-state index contributed by atoms with van der Waals surface area (Å²) in [5, 5.41) is 0. The maximum Gasteiger partial charge on any atom is 0.0708 e. The Morgan fingerprint density at radius 3 is 2.00 bits per heavy atom. The quantitative estimate of drug-likeness (QED) is 0.610. The molecular weight excluding hydrogens is 254 g/mol. The maximum absolute atomic E-state index is 4.66. The lowest BCUT2D eigenvalue weighted by atomic mass is 9.96. The zero-order valence-electron chi connectivity index (χ0n) is 12.5. The maximum atomic E-state index is 4.66. The van der Waals surface area contributed by atoms with Gasteiger partial charge in [0, 0.05) is 11.8 Å². The minimum Gasteiger partial charge on any atom is -0.256 e. The number of hydrogen-bond donors (Lipinski definition) is 0. The van der Waals surface area contributed by atoms with Crippen molar-refractivity contribution in [2.45, 2.75) is 19.8 Å². The van der Waals surface area contributed by atoms with Gasteiger partial charge in [-0.25, -0.2) is 0 Å². The van der Waals surface area contributed by atoms with Gasteiger partial charge < -0.3 is 0 Å². The molecule has 0 fully saturated rings. The van der Waals surface area contributed by atoms with Gasteiger partial charge in [-0.05, 0) is 28.7 Å². The molecule has 0 unspecified atom stereocenters. The highest BCUT2D eigenvalue weighted by atomic mass is 14.7. The van der Waals surface area contributed by atoms with Crippen molar-refractivity contribution in [3.05, 3.63) is 78.5 Å². The Morgan fingerprint density at radius 2 is 1.38 bits per heavy atom. The van der Waals surface area contributed by atoms with Gasteiger partial charge in [0.2, 0.25) is 0 Å². The smallest absolute Gasteiger partial charge is 0.0708 e. The summed E-state index contributed by atoms with van der Waals surface area (Å²) in [5.41, 5.74) is 5.93. The first-order valence-electron chi connectivity index (χ1n) is 7.36. The molecule has 0 N–H and O–H groups in total. The predicted molar refractivity (Wildman–Crippen MR) is 89.2 cm³/mol. The van der Waals surface area contributed by atoms with Crippen LogP contribution in [0.1, 0.15) is 25.3 Å². The fourth-order valence-electron chi connectivity index (χ4n) is 2.48. The molecule has 2 aromatic carbocycles. The molecular formula is C20H19N. The molecule has 0 radical (unpaired) electrons. The van der Waals surface area contributed by atoms with E-state index in [1.165, 1.54) is 22.3 Å². The Kier molecular flexibility index (Phi) is 3.83. The van der Waals surface area contributed by atoms with E-state index in [2.05, 4.69) is 79.5 Å². The topological polar surface area (TPSA) is 12.9 Å². The van der Waals surface area contributed by atoms with E-state index in [0.29, 0.717) is 5.92 Å². The summed E-state index contributed by atoms with van der Waals surface area (Å²) in [6.45, 7) is 4.38. The summed E-state index contributed by atoms with van der Waals surface area (Å²) in [6.07, 6.45) is 1.99. The molecule has 0 spiro atoms. The molecule has 1 heterocycles. The highest BCUT2D eigenvalue weighted by molar-refractivity contribution is 5.81. The molecule has 104 valence electrons. The molecule has 0 amide bonds. The number of benzene rings is 2. The Bertz CT molecular complexity index is 712. The average Bonchev–Trinajstić information content (AvgIpc) is 2.56. The normalized spacial score (nSPS) is 10.8. The summed E-state index contributed by atoms with van der Waals surface area (Å²) < 4.78 is 0. The molecule has 1 nitrogen and oxygen atoms in total. The lowest BCUT2D eigenvalue weighted by Gasteiger charge is -2.11. The van der Waals surface area contributed by atoms with Crippen LogP contribution < -0.4 is 0 Å². The van der Waals surface area contributed by atoms with E-state index < -0.39 is 0 Å². The standard InChI is InChI=1S/C20H19N/c1-15(2)17-12-13-20(21-14-17)19-11-7-6-10-18(19)16-8-4-3-5-9-16/h3-15H,1-2H3. The van der Waals surface area contributed by atoms with Crippen molar-refractivity contribution in [1.29, 1.82) is 0 Å². The van der Waals surface area contributed by atoms with Crippen molar-refractivity contribution in [1.82, 2.24) is 4.98 Å². The second-order valence-electron chi connectivity index (χ2n) is 5.54. The van der Waals surface area contributed by atoms with Crippen LogP contribution in [0.4, 0.5) is 0 Å². The van der Waals surface area contributed by atoms with Gasteiger partial charge in [-0.1, -0.05) is 74.5 Å². The zero-order chi connectivity index (χ0) is 14.7. The summed E-state index contributed by atoms with van der Waals surface area (Å²) in [4.78, 5) is 4.66. The van der Waals surface area contributed by atoms with E-state index in [-0.39, 0.29) is 0 Å². The lowest BCUT2D eigenvalue weighted by Crippen LogP contribution is -1.92. The Morgan fingerprint density at radius 1 is 0.714 bits per heavy atom. The van der Waals surface area contributed by atoms with E-state index in [4.69, 9.17) is 0 Å². The summed E-state index contributed by atoms with van der Waals surface area (Å²) in [7, 11) is 0. The molecule has 3 rings (SSSR count). The van der Waals surface area contributed by atoms with Gasteiger partial charge in [0.1, 0.15) is 0 Å². The Hall–Kier alpha value is -2.41. The van der Waals surface area contributed by atoms with Gasteiger partial charge in [-0.15, -0.1) is 0 Å². The highest BCUT2D eigenvalue weighted by Gasteiger charge is 2.08. The fraction of sp³-hybridized carbons (Fsp3) is 0.150. The van der Waals surface area contributed by atoms with Gasteiger partial charge in [-0.3, -0.25) is 4.98 Å². The van der Waals surface area contributed by atoms with E-state index in [1.807, 2.05) is 12.3 Å². The fourth-order valence-corrected chi connectivity index (χ4v) is 2.48. The Labute approximate surface area is 126 Å². The van der Waals surface area contributed by atoms with E-state index in [1.54, 1.807) is 0 Å². The highest BCUT2D eigenvalue weighted by Crippen LogP contribution is 2.31. The van der Waals surface area contributed by atoms with Crippen molar-refractivity contribution >= 4 is 0 Å². The van der Waals surface area contributed by atoms with Crippen LogP contribution in [0, 0.1) is 0 Å². The van der Waals surface area contributed by atoms with Crippen LogP contribution in [0.5, 0.6) is 0 Å². The molecule has 3 aromatic rings. The third kappa shape index (κ3) is 2.87. The molecule has 1 heteroatoms. The van der Waals surface area contributed by atoms with Crippen molar-refractivity contribution < 1.29 is 0 Å². The van der Waals surface area contributed by atoms with Crippen LogP contribution in [-0.2, 0) is 0 Å². The summed E-state index contributed by atoms with van der Waals surface area (Å²) >= 11 is 0. The van der Waals surface area contributed by atoms with Crippen molar-refractivity contribution in [2.75, 3.05) is 0 Å². The van der Waals surface area contributed by atoms with E-state index >= 15 is 0 Å². The first-order chi connectivity index (χ1) is 10.3. The van der Waals surface area contributed by atoms with Gasteiger partial charge in [0.05, 0.1) is 5.69 Å². The average molecular weight is 273 g/mol. The molecule has 0 aliphatic carbocycles. The molecule has 0 atom stereocenters. The first kappa shape index (κ1) is 13.6.